The number of hydrogen-bond acceptors (Lipinski definition) is 6. The van der Waals surface area contributed by atoms with Crippen LogP contribution in [0, 0.1) is 5.82 Å². The van der Waals surface area contributed by atoms with E-state index in [2.05, 4.69) is 25.7 Å². The van der Waals surface area contributed by atoms with Gasteiger partial charge < -0.3 is 19.1 Å². The van der Waals surface area contributed by atoms with Crippen LogP contribution in [0.3, 0.4) is 0 Å². The van der Waals surface area contributed by atoms with Gasteiger partial charge in [-0.25, -0.2) is 4.39 Å². The fourth-order valence-electron chi connectivity index (χ4n) is 4.96. The molecule has 5 aromatic rings. The van der Waals surface area contributed by atoms with Crippen LogP contribution in [0.5, 0.6) is 5.75 Å². The highest BCUT2D eigenvalue weighted by atomic mass is 32.2. The van der Waals surface area contributed by atoms with Crippen LogP contribution in [0.25, 0.3) is 16.8 Å². The van der Waals surface area contributed by atoms with Gasteiger partial charge in [-0.15, -0.1) is 10.2 Å². The second-order valence-corrected chi connectivity index (χ2v) is 10.1. The number of para-hydroxylation sites is 4. The van der Waals surface area contributed by atoms with Crippen LogP contribution in [0.15, 0.2) is 78.0 Å². The largest absolute Gasteiger partial charge is 0.495 e. The van der Waals surface area contributed by atoms with Crippen molar-refractivity contribution in [2.75, 3.05) is 43.9 Å². The van der Waals surface area contributed by atoms with Crippen LogP contribution in [0.2, 0.25) is 0 Å². The van der Waals surface area contributed by atoms with E-state index in [1.165, 1.54) is 23.9 Å². The van der Waals surface area contributed by atoms with Crippen molar-refractivity contribution in [3.63, 3.8) is 0 Å². The van der Waals surface area contributed by atoms with Gasteiger partial charge in [0.1, 0.15) is 11.6 Å². The summed E-state index contributed by atoms with van der Waals surface area (Å²) in [4.78, 5) is 17.3. The molecule has 8 nitrogen and oxygen atoms in total. The number of rotatable bonds is 7. The minimum absolute atomic E-state index is 0.0847. The molecule has 0 bridgehead atoms. The average molecular weight is 531 g/mol. The highest BCUT2D eigenvalue weighted by Crippen LogP contribution is 2.29. The van der Waals surface area contributed by atoms with E-state index in [9.17, 15) is 9.18 Å². The summed E-state index contributed by atoms with van der Waals surface area (Å²) in [5.41, 5.74) is 3.99. The third-order valence-corrected chi connectivity index (χ3v) is 7.82. The molecule has 0 atom stereocenters. The summed E-state index contributed by atoms with van der Waals surface area (Å²) < 4.78 is 23.0. The Hall–Kier alpha value is -4.05. The topological polar surface area (TPSA) is 67.9 Å². The third-order valence-electron chi connectivity index (χ3n) is 6.91. The minimum atomic E-state index is -0.261. The Morgan fingerprint density at radius 2 is 1.63 bits per heavy atom. The number of benzene rings is 3. The molecule has 0 radical (unpaired) electrons. The van der Waals surface area contributed by atoms with Gasteiger partial charge in [0.25, 0.3) is 0 Å². The molecule has 0 unspecified atom stereocenters. The number of anilines is 1. The number of hydrogen-bond donors (Lipinski definition) is 0. The SMILES string of the molecule is COc1ccccc1N1CCN(C(=O)CSc2nnc3n(Cc4ccc(F)cc4)c4ccccc4n23)CC1. The van der Waals surface area contributed by atoms with E-state index < -0.39 is 0 Å². The average Bonchev–Trinajstić information content (AvgIpc) is 3.52. The minimum Gasteiger partial charge on any atom is -0.495 e. The zero-order valence-electron chi connectivity index (χ0n) is 21.0. The number of amides is 1. The number of halogens is 1. The van der Waals surface area contributed by atoms with Gasteiger partial charge in [-0.3, -0.25) is 9.20 Å². The van der Waals surface area contributed by atoms with E-state index in [1.54, 1.807) is 19.2 Å². The summed E-state index contributed by atoms with van der Waals surface area (Å²) in [6, 6.07) is 22.5. The quantitative estimate of drug-likeness (QED) is 0.292. The van der Waals surface area contributed by atoms with Gasteiger partial charge in [0, 0.05) is 26.2 Å². The molecule has 0 spiro atoms. The van der Waals surface area contributed by atoms with Gasteiger partial charge in [-0.1, -0.05) is 48.2 Å². The number of thioether (sulfide) groups is 1. The van der Waals surface area contributed by atoms with E-state index >= 15 is 0 Å². The fraction of sp³-hybridized carbons (Fsp3) is 0.250. The second-order valence-electron chi connectivity index (χ2n) is 9.15. The van der Waals surface area contributed by atoms with Crippen molar-refractivity contribution in [3.8, 4) is 5.75 Å². The molecule has 0 N–H and O–H groups in total. The number of carbonyl (C=O) groups excluding carboxylic acids is 1. The lowest BCUT2D eigenvalue weighted by atomic mass is 10.2. The van der Waals surface area contributed by atoms with E-state index in [-0.39, 0.29) is 17.5 Å². The first-order valence-corrected chi connectivity index (χ1v) is 13.5. The molecule has 10 heteroatoms. The first-order valence-electron chi connectivity index (χ1n) is 12.5. The van der Waals surface area contributed by atoms with Gasteiger partial charge in [0.05, 0.1) is 36.1 Å². The molecule has 3 heterocycles. The predicted octanol–water partition coefficient (Wildman–Crippen LogP) is 4.32. The molecule has 1 saturated heterocycles. The van der Waals surface area contributed by atoms with Crippen molar-refractivity contribution in [3.05, 3.63) is 84.2 Å². The molecule has 3 aromatic carbocycles. The molecule has 1 amide bonds. The Bertz CT molecular complexity index is 1590. The van der Waals surface area contributed by atoms with Gasteiger partial charge >= 0.3 is 0 Å². The highest BCUT2D eigenvalue weighted by Gasteiger charge is 2.24. The standard InChI is InChI=1S/C28H27FN6O2S/c1-37-25-9-5-4-8-24(25)32-14-16-33(17-15-32)26(36)19-38-28-31-30-27-34(18-20-10-12-21(29)13-11-20)22-6-2-3-7-23(22)35(27)28/h2-13H,14-19H2,1H3. The van der Waals surface area contributed by atoms with Crippen LogP contribution in [-0.2, 0) is 11.3 Å². The van der Waals surface area contributed by atoms with Crippen LogP contribution in [0.1, 0.15) is 5.56 Å². The molecule has 38 heavy (non-hydrogen) atoms. The number of fused-ring (bicyclic) bond motifs is 3. The zero-order chi connectivity index (χ0) is 26.1. The molecule has 1 aliphatic rings. The van der Waals surface area contributed by atoms with Crippen LogP contribution in [-0.4, -0.2) is 69.0 Å². The van der Waals surface area contributed by atoms with Crippen molar-refractivity contribution in [2.24, 2.45) is 0 Å². The monoisotopic (exact) mass is 530 g/mol. The number of nitrogens with zero attached hydrogens (tertiary/aromatic N) is 6. The Balaban J connectivity index is 1.16. The summed E-state index contributed by atoms with van der Waals surface area (Å²) in [6.07, 6.45) is 0. The molecule has 194 valence electrons. The molecular formula is C28H27FN6O2S. The van der Waals surface area contributed by atoms with Crippen molar-refractivity contribution < 1.29 is 13.9 Å². The summed E-state index contributed by atoms with van der Waals surface area (Å²) in [5, 5.41) is 9.55. The summed E-state index contributed by atoms with van der Waals surface area (Å²) in [7, 11) is 1.68. The summed E-state index contributed by atoms with van der Waals surface area (Å²) >= 11 is 1.40. The maximum atomic E-state index is 13.4. The molecule has 1 fully saturated rings. The normalized spacial score (nSPS) is 13.9. The van der Waals surface area contributed by atoms with Gasteiger partial charge in [0.2, 0.25) is 11.7 Å². The number of ether oxygens (including phenoxy) is 1. The molecular weight excluding hydrogens is 503 g/mol. The number of aromatic nitrogens is 4. The Morgan fingerprint density at radius 1 is 0.921 bits per heavy atom. The number of methoxy groups -OCH3 is 1. The lowest BCUT2D eigenvalue weighted by Crippen LogP contribution is -2.49. The number of carbonyl (C=O) groups is 1. The smallest absolute Gasteiger partial charge is 0.237 e. The summed E-state index contributed by atoms with van der Waals surface area (Å²) in [5.74, 6) is 1.64. The predicted molar refractivity (Wildman–Crippen MR) is 146 cm³/mol. The first kappa shape index (κ1) is 24.3. The van der Waals surface area contributed by atoms with Crippen LogP contribution < -0.4 is 9.64 Å². The van der Waals surface area contributed by atoms with E-state index in [0.29, 0.717) is 30.6 Å². The molecule has 0 saturated carbocycles. The zero-order valence-corrected chi connectivity index (χ0v) is 21.8. The second kappa shape index (κ2) is 10.4. The van der Waals surface area contributed by atoms with Crippen LogP contribution >= 0.6 is 11.8 Å². The third kappa shape index (κ3) is 4.56. The lowest BCUT2D eigenvalue weighted by molar-refractivity contribution is -0.128. The van der Waals surface area contributed by atoms with Crippen molar-refractivity contribution in [1.29, 1.82) is 0 Å². The van der Waals surface area contributed by atoms with Crippen molar-refractivity contribution in [2.45, 2.75) is 11.7 Å². The van der Waals surface area contributed by atoms with Crippen molar-refractivity contribution >= 4 is 40.2 Å². The Kier molecular flexibility index (Phi) is 6.63. The van der Waals surface area contributed by atoms with Gasteiger partial charge in [-0.2, -0.15) is 0 Å². The molecule has 1 aliphatic heterocycles. The van der Waals surface area contributed by atoms with E-state index in [1.807, 2.05) is 51.8 Å². The maximum Gasteiger partial charge on any atom is 0.237 e. The molecule has 0 aliphatic carbocycles. The number of imidazole rings is 1. The van der Waals surface area contributed by atoms with E-state index in [4.69, 9.17) is 4.74 Å². The maximum absolute atomic E-state index is 13.4. The van der Waals surface area contributed by atoms with Crippen molar-refractivity contribution in [1.82, 2.24) is 24.1 Å². The Morgan fingerprint density at radius 3 is 2.39 bits per heavy atom. The highest BCUT2D eigenvalue weighted by molar-refractivity contribution is 7.99. The molecule has 6 rings (SSSR count). The summed E-state index contributed by atoms with van der Waals surface area (Å²) in [6.45, 7) is 3.36. The molecule has 2 aromatic heterocycles. The lowest BCUT2D eigenvalue weighted by Gasteiger charge is -2.36. The van der Waals surface area contributed by atoms with Gasteiger partial charge in [0.15, 0.2) is 5.16 Å². The first-order chi connectivity index (χ1) is 18.6. The van der Waals surface area contributed by atoms with Crippen LogP contribution in [0.4, 0.5) is 10.1 Å². The van der Waals surface area contributed by atoms with Gasteiger partial charge in [-0.05, 0) is 42.0 Å². The Labute approximate surface area is 223 Å². The number of piperazine rings is 1. The fourth-order valence-corrected chi connectivity index (χ4v) is 5.81. The van der Waals surface area contributed by atoms with E-state index in [0.717, 1.165) is 41.1 Å².